The summed E-state index contributed by atoms with van der Waals surface area (Å²) in [5.41, 5.74) is 11.8. The number of amides is 1. The highest BCUT2D eigenvalue weighted by Crippen LogP contribution is 2.23. The molecule has 10 heteroatoms. The number of carbonyl (C=O) groups is 2. The molecule has 0 aliphatic carbocycles. The van der Waals surface area contributed by atoms with E-state index in [4.69, 9.17) is 5.73 Å². The third kappa shape index (κ3) is 8.94. The van der Waals surface area contributed by atoms with Crippen LogP contribution in [0.25, 0.3) is 0 Å². The lowest BCUT2D eigenvalue weighted by Gasteiger charge is -2.19. The number of azo groups is 1. The second kappa shape index (κ2) is 14.8. The van der Waals surface area contributed by atoms with Gasteiger partial charge in [0.1, 0.15) is 5.69 Å². The van der Waals surface area contributed by atoms with Crippen molar-refractivity contribution in [2.24, 2.45) is 10.2 Å². The molecule has 2 aromatic carbocycles. The molecule has 0 saturated heterocycles. The maximum Gasteiger partial charge on any atom is 0.251 e. The van der Waals surface area contributed by atoms with Gasteiger partial charge in [0.2, 0.25) is 5.95 Å². The summed E-state index contributed by atoms with van der Waals surface area (Å²) in [5, 5.41) is 17.5. The Morgan fingerprint density at radius 1 is 1.05 bits per heavy atom. The van der Waals surface area contributed by atoms with Crippen LogP contribution in [0.15, 0.2) is 52.8 Å². The van der Waals surface area contributed by atoms with E-state index in [1.54, 1.807) is 31.4 Å². The highest BCUT2D eigenvalue weighted by molar-refractivity contribution is 5.96. The van der Waals surface area contributed by atoms with Crippen LogP contribution < -0.4 is 21.7 Å². The van der Waals surface area contributed by atoms with Gasteiger partial charge in [-0.15, -0.1) is 0 Å². The molecule has 3 aromatic rings. The lowest BCUT2D eigenvalue weighted by Crippen LogP contribution is -2.35. The number of Topliss-reactive ketones (excluding diaryl/α,β-unsaturated/α-hetero) is 1. The van der Waals surface area contributed by atoms with Crippen LogP contribution in [0.3, 0.4) is 0 Å². The Balaban J connectivity index is 1.58. The average molecular weight is 545 g/mol. The van der Waals surface area contributed by atoms with E-state index >= 15 is 0 Å². The number of aromatic nitrogens is 2. The molecule has 0 bridgehead atoms. The third-order valence-electron chi connectivity index (χ3n) is 6.44. The summed E-state index contributed by atoms with van der Waals surface area (Å²) in [6, 6.07) is 11.4. The fourth-order valence-corrected chi connectivity index (χ4v) is 4.57. The summed E-state index contributed by atoms with van der Waals surface area (Å²) in [6.07, 6.45) is 4.90. The first kappa shape index (κ1) is 30.4. The predicted octanol–water partition coefficient (Wildman–Crippen LogP) is 5.46. The summed E-state index contributed by atoms with van der Waals surface area (Å²) in [5.74, 6) is 0.217. The SMILES string of the molecule is CCCC(CCNC(=O)c1ccc(N)c(/N=N\C)c1)NCCc1nc(Nc2cc(C)cc(C)c2)ncc1C(C)=O. The Morgan fingerprint density at radius 2 is 1.80 bits per heavy atom. The molecule has 0 spiro atoms. The quantitative estimate of drug-likeness (QED) is 0.120. The molecule has 1 unspecified atom stereocenters. The minimum Gasteiger partial charge on any atom is -0.397 e. The number of rotatable bonds is 14. The van der Waals surface area contributed by atoms with Gasteiger partial charge >= 0.3 is 0 Å². The van der Waals surface area contributed by atoms with E-state index < -0.39 is 0 Å². The number of nitrogen functional groups attached to an aromatic ring is 1. The van der Waals surface area contributed by atoms with Gasteiger partial charge in [-0.05, 0) is 75.1 Å². The first-order valence-electron chi connectivity index (χ1n) is 13.6. The molecule has 5 N–H and O–H groups in total. The molecule has 10 nitrogen and oxygen atoms in total. The van der Waals surface area contributed by atoms with Gasteiger partial charge < -0.3 is 21.7 Å². The molecule has 1 amide bonds. The van der Waals surface area contributed by atoms with Gasteiger partial charge in [-0.2, -0.15) is 10.2 Å². The van der Waals surface area contributed by atoms with Gasteiger partial charge in [-0.3, -0.25) is 9.59 Å². The molecular weight excluding hydrogens is 504 g/mol. The number of carbonyl (C=O) groups excluding carboxylic acids is 2. The number of ketones is 1. The summed E-state index contributed by atoms with van der Waals surface area (Å²) >= 11 is 0. The molecule has 3 rings (SSSR count). The number of aryl methyl sites for hydroxylation is 2. The van der Waals surface area contributed by atoms with E-state index in [2.05, 4.69) is 49.1 Å². The van der Waals surface area contributed by atoms with Crippen molar-refractivity contribution in [3.05, 3.63) is 70.5 Å². The predicted molar refractivity (Wildman–Crippen MR) is 160 cm³/mol. The number of nitrogens with one attached hydrogen (secondary N) is 3. The Hall–Kier alpha value is -4.18. The van der Waals surface area contributed by atoms with E-state index in [1.165, 1.54) is 6.92 Å². The molecule has 40 heavy (non-hydrogen) atoms. The van der Waals surface area contributed by atoms with E-state index in [9.17, 15) is 9.59 Å². The lowest BCUT2D eigenvalue weighted by molar-refractivity contribution is 0.0951. The van der Waals surface area contributed by atoms with Gasteiger partial charge in [0.15, 0.2) is 5.78 Å². The van der Waals surface area contributed by atoms with Crippen molar-refractivity contribution >= 4 is 34.7 Å². The van der Waals surface area contributed by atoms with Gasteiger partial charge in [0, 0.05) is 50.0 Å². The second-order valence-corrected chi connectivity index (χ2v) is 9.92. The molecule has 0 aliphatic rings. The molecule has 0 saturated carbocycles. The van der Waals surface area contributed by atoms with Crippen LogP contribution in [-0.2, 0) is 6.42 Å². The molecular formula is C30H40N8O2. The molecule has 1 heterocycles. The van der Waals surface area contributed by atoms with E-state index in [0.717, 1.165) is 36.1 Å². The Bertz CT molecular complexity index is 1340. The topological polar surface area (TPSA) is 147 Å². The highest BCUT2D eigenvalue weighted by Gasteiger charge is 2.14. The van der Waals surface area contributed by atoms with Gasteiger partial charge in [0.05, 0.1) is 16.9 Å². The maximum atomic E-state index is 12.7. The highest BCUT2D eigenvalue weighted by atomic mass is 16.1. The number of nitrogens with two attached hydrogens (primary N) is 1. The van der Waals surface area contributed by atoms with E-state index in [1.807, 2.05) is 26.0 Å². The molecule has 0 fully saturated rings. The van der Waals surface area contributed by atoms with Crippen molar-refractivity contribution in [2.45, 2.75) is 59.4 Å². The van der Waals surface area contributed by atoms with Crippen molar-refractivity contribution in [2.75, 3.05) is 31.2 Å². The second-order valence-electron chi connectivity index (χ2n) is 9.92. The van der Waals surface area contributed by atoms with Crippen molar-refractivity contribution in [3.63, 3.8) is 0 Å². The maximum absolute atomic E-state index is 12.7. The summed E-state index contributed by atoms with van der Waals surface area (Å²) in [7, 11) is 1.56. The zero-order valence-electron chi connectivity index (χ0n) is 24.0. The molecule has 212 valence electrons. The Morgan fingerprint density at radius 3 is 2.48 bits per heavy atom. The number of benzene rings is 2. The largest absolute Gasteiger partial charge is 0.397 e. The Labute approximate surface area is 236 Å². The molecule has 0 aliphatic heterocycles. The van der Waals surface area contributed by atoms with Crippen molar-refractivity contribution < 1.29 is 9.59 Å². The zero-order valence-corrected chi connectivity index (χ0v) is 24.0. The minimum absolute atomic E-state index is 0.0630. The van der Waals surface area contributed by atoms with Crippen LogP contribution >= 0.6 is 0 Å². The van der Waals surface area contributed by atoms with Gasteiger partial charge in [-0.1, -0.05) is 19.4 Å². The van der Waals surface area contributed by atoms with Crippen LogP contribution in [0.2, 0.25) is 0 Å². The van der Waals surface area contributed by atoms with Gasteiger partial charge in [-0.25, -0.2) is 9.97 Å². The van der Waals surface area contributed by atoms with Crippen molar-refractivity contribution in [1.29, 1.82) is 0 Å². The van der Waals surface area contributed by atoms with Crippen LogP contribution in [0.5, 0.6) is 0 Å². The van der Waals surface area contributed by atoms with Crippen molar-refractivity contribution in [3.8, 4) is 0 Å². The molecule has 1 atom stereocenters. The van der Waals surface area contributed by atoms with Gasteiger partial charge in [0.25, 0.3) is 5.91 Å². The fraction of sp³-hybridized carbons (Fsp3) is 0.400. The van der Waals surface area contributed by atoms with Crippen LogP contribution in [0, 0.1) is 13.8 Å². The first-order chi connectivity index (χ1) is 19.2. The standard InChI is InChI=1S/C30H40N8O2/c1-6-7-23(10-12-34-29(40)22-8-9-26(31)28(17-22)38-32-5)33-13-11-27-25(21(4)39)18-35-30(37-27)36-24-15-19(2)14-20(3)16-24/h8-9,14-18,23,33H,6-7,10-13,31H2,1-5H3,(H,34,40)(H,35,36,37)/b38-32-. The first-order valence-corrected chi connectivity index (χ1v) is 13.6. The Kier molecular flexibility index (Phi) is 11.3. The van der Waals surface area contributed by atoms with Crippen LogP contribution in [-0.4, -0.2) is 47.8 Å². The summed E-state index contributed by atoms with van der Waals surface area (Å²) < 4.78 is 0. The number of hydrogen-bond donors (Lipinski definition) is 4. The average Bonchev–Trinajstić information content (AvgIpc) is 2.89. The van der Waals surface area contributed by atoms with Crippen LogP contribution in [0.1, 0.15) is 70.6 Å². The minimum atomic E-state index is -0.182. The molecule has 0 radical (unpaired) electrons. The van der Waals surface area contributed by atoms with Crippen LogP contribution in [0.4, 0.5) is 23.0 Å². The summed E-state index contributed by atoms with van der Waals surface area (Å²) in [6.45, 7) is 8.91. The van der Waals surface area contributed by atoms with E-state index in [0.29, 0.717) is 53.7 Å². The summed E-state index contributed by atoms with van der Waals surface area (Å²) in [4.78, 5) is 33.9. The fourth-order valence-electron chi connectivity index (χ4n) is 4.57. The van der Waals surface area contributed by atoms with Crippen molar-refractivity contribution in [1.82, 2.24) is 20.6 Å². The lowest BCUT2D eigenvalue weighted by atomic mass is 10.1. The number of hydrogen-bond acceptors (Lipinski definition) is 9. The smallest absolute Gasteiger partial charge is 0.251 e. The zero-order chi connectivity index (χ0) is 29.1. The number of nitrogens with zero attached hydrogens (tertiary/aromatic N) is 4. The monoisotopic (exact) mass is 544 g/mol. The normalized spacial score (nSPS) is 11.9. The molecule has 1 aromatic heterocycles. The number of anilines is 3. The van der Waals surface area contributed by atoms with E-state index in [-0.39, 0.29) is 17.7 Å². The third-order valence-corrected chi connectivity index (χ3v) is 6.44.